The van der Waals surface area contributed by atoms with Crippen LogP contribution >= 0.6 is 0 Å². The molecule has 0 amide bonds. The lowest BCUT2D eigenvalue weighted by Crippen LogP contribution is -2.02. The second-order valence-corrected chi connectivity index (χ2v) is 5.85. The van der Waals surface area contributed by atoms with Crippen molar-refractivity contribution in [2.75, 3.05) is 13.2 Å². The Morgan fingerprint density at radius 2 is 1.45 bits per heavy atom. The minimum atomic E-state index is 0.699. The molecule has 118 valence electrons. The molecule has 0 radical (unpaired) electrons. The second kappa shape index (κ2) is 8.60. The summed E-state index contributed by atoms with van der Waals surface area (Å²) in [4.78, 5) is 0. The third kappa shape index (κ3) is 5.53. The van der Waals surface area contributed by atoms with Crippen LogP contribution in [-0.2, 0) is 11.3 Å². The summed E-state index contributed by atoms with van der Waals surface area (Å²) >= 11 is 0. The Kier molecular flexibility index (Phi) is 6.47. The molecule has 0 aliphatic rings. The molecule has 0 N–H and O–H groups in total. The van der Waals surface area contributed by atoms with E-state index in [0.717, 1.165) is 31.8 Å². The first-order valence-corrected chi connectivity index (χ1v) is 7.98. The van der Waals surface area contributed by atoms with Crippen LogP contribution in [0.3, 0.4) is 0 Å². The van der Waals surface area contributed by atoms with Crippen molar-refractivity contribution in [3.05, 3.63) is 64.7 Å². The zero-order chi connectivity index (χ0) is 15.8. The molecule has 0 spiro atoms. The van der Waals surface area contributed by atoms with E-state index in [1.54, 1.807) is 0 Å². The Morgan fingerprint density at radius 3 is 2.18 bits per heavy atom. The number of hydrogen-bond donors (Lipinski definition) is 0. The highest BCUT2D eigenvalue weighted by Gasteiger charge is 1.99. The van der Waals surface area contributed by atoms with E-state index in [9.17, 15) is 0 Å². The van der Waals surface area contributed by atoms with E-state index in [2.05, 4.69) is 51.1 Å². The number of ether oxygens (including phenoxy) is 2. The fourth-order valence-corrected chi connectivity index (χ4v) is 2.32. The topological polar surface area (TPSA) is 18.5 Å². The van der Waals surface area contributed by atoms with E-state index in [4.69, 9.17) is 9.47 Å². The Hall–Kier alpha value is -1.80. The van der Waals surface area contributed by atoms with Crippen LogP contribution in [0.25, 0.3) is 0 Å². The van der Waals surface area contributed by atoms with Gasteiger partial charge in [0.2, 0.25) is 0 Å². The van der Waals surface area contributed by atoms with Crippen LogP contribution in [0.15, 0.2) is 42.5 Å². The summed E-state index contributed by atoms with van der Waals surface area (Å²) in [6, 6.07) is 14.7. The first-order chi connectivity index (χ1) is 10.6. The maximum atomic E-state index is 5.75. The van der Waals surface area contributed by atoms with Gasteiger partial charge >= 0.3 is 0 Å². The molecule has 0 atom stereocenters. The molecular formula is C20H26O2. The standard InChI is InChI=1S/C20H26O2/c1-16-7-10-20(11-8-16)22-13-5-4-12-21-15-19-9-6-17(2)14-18(19)3/h6-11,14H,4-5,12-13,15H2,1-3H3. The van der Waals surface area contributed by atoms with Crippen LogP contribution in [0.2, 0.25) is 0 Å². The smallest absolute Gasteiger partial charge is 0.119 e. The maximum absolute atomic E-state index is 5.75. The van der Waals surface area contributed by atoms with E-state index >= 15 is 0 Å². The highest BCUT2D eigenvalue weighted by atomic mass is 16.5. The highest BCUT2D eigenvalue weighted by Crippen LogP contribution is 2.13. The highest BCUT2D eigenvalue weighted by molar-refractivity contribution is 5.29. The van der Waals surface area contributed by atoms with Gasteiger partial charge in [0.25, 0.3) is 0 Å². The number of benzene rings is 2. The van der Waals surface area contributed by atoms with Crippen molar-refractivity contribution >= 4 is 0 Å². The number of unbranched alkanes of at least 4 members (excludes halogenated alkanes) is 1. The van der Waals surface area contributed by atoms with Gasteiger partial charge in [-0.2, -0.15) is 0 Å². The molecule has 0 saturated carbocycles. The number of hydrogen-bond acceptors (Lipinski definition) is 2. The quantitative estimate of drug-likeness (QED) is 0.639. The van der Waals surface area contributed by atoms with Gasteiger partial charge in [-0.15, -0.1) is 0 Å². The van der Waals surface area contributed by atoms with Crippen LogP contribution in [0.1, 0.15) is 35.1 Å². The number of rotatable bonds is 8. The summed E-state index contributed by atoms with van der Waals surface area (Å²) in [5.41, 5.74) is 5.14. The van der Waals surface area contributed by atoms with Gasteiger partial charge in [0.1, 0.15) is 5.75 Å². The van der Waals surface area contributed by atoms with Crippen molar-refractivity contribution in [2.45, 2.75) is 40.2 Å². The third-order valence-corrected chi connectivity index (χ3v) is 3.73. The second-order valence-electron chi connectivity index (χ2n) is 5.85. The van der Waals surface area contributed by atoms with Crippen LogP contribution in [-0.4, -0.2) is 13.2 Å². The third-order valence-electron chi connectivity index (χ3n) is 3.73. The summed E-state index contributed by atoms with van der Waals surface area (Å²) in [5.74, 6) is 0.946. The lowest BCUT2D eigenvalue weighted by Gasteiger charge is -2.09. The molecule has 0 unspecified atom stereocenters. The first kappa shape index (κ1) is 16.6. The zero-order valence-electron chi connectivity index (χ0n) is 13.9. The van der Waals surface area contributed by atoms with Crippen molar-refractivity contribution in [3.8, 4) is 5.75 Å². The zero-order valence-corrected chi connectivity index (χ0v) is 13.9. The molecule has 2 heteroatoms. The Balaban J connectivity index is 1.57. The molecule has 0 aromatic heterocycles. The first-order valence-electron chi connectivity index (χ1n) is 7.98. The molecule has 0 aliphatic heterocycles. The van der Waals surface area contributed by atoms with E-state index in [0.29, 0.717) is 6.61 Å². The van der Waals surface area contributed by atoms with Gasteiger partial charge in [-0.1, -0.05) is 41.5 Å². The minimum absolute atomic E-state index is 0.699. The molecule has 0 fully saturated rings. The van der Waals surface area contributed by atoms with Crippen molar-refractivity contribution in [3.63, 3.8) is 0 Å². The van der Waals surface area contributed by atoms with Crippen molar-refractivity contribution in [1.82, 2.24) is 0 Å². The summed E-state index contributed by atoms with van der Waals surface area (Å²) in [5, 5.41) is 0. The van der Waals surface area contributed by atoms with Gasteiger partial charge in [-0.05, 0) is 56.9 Å². The molecule has 2 nitrogen and oxygen atoms in total. The average Bonchev–Trinajstić information content (AvgIpc) is 2.50. The lowest BCUT2D eigenvalue weighted by molar-refractivity contribution is 0.113. The maximum Gasteiger partial charge on any atom is 0.119 e. The largest absolute Gasteiger partial charge is 0.494 e. The van der Waals surface area contributed by atoms with Gasteiger partial charge in [0, 0.05) is 6.61 Å². The molecule has 2 aromatic carbocycles. The minimum Gasteiger partial charge on any atom is -0.494 e. The van der Waals surface area contributed by atoms with E-state index in [1.165, 1.54) is 22.3 Å². The molecule has 22 heavy (non-hydrogen) atoms. The number of aryl methyl sites for hydroxylation is 3. The van der Waals surface area contributed by atoms with E-state index in [1.807, 2.05) is 12.1 Å². The molecule has 2 rings (SSSR count). The Bertz CT molecular complexity index is 573. The SMILES string of the molecule is Cc1ccc(OCCCCOCc2ccc(C)cc2C)cc1. The van der Waals surface area contributed by atoms with Gasteiger partial charge < -0.3 is 9.47 Å². The summed E-state index contributed by atoms with van der Waals surface area (Å²) < 4.78 is 11.5. The Labute approximate surface area is 134 Å². The summed E-state index contributed by atoms with van der Waals surface area (Å²) in [6.45, 7) is 8.56. The predicted octanol–water partition coefficient (Wildman–Crippen LogP) is 4.99. The van der Waals surface area contributed by atoms with Crippen LogP contribution in [0, 0.1) is 20.8 Å². The van der Waals surface area contributed by atoms with Gasteiger partial charge in [-0.25, -0.2) is 0 Å². The van der Waals surface area contributed by atoms with Gasteiger partial charge in [0.15, 0.2) is 0 Å². The summed E-state index contributed by atoms with van der Waals surface area (Å²) in [7, 11) is 0. The van der Waals surface area contributed by atoms with Crippen molar-refractivity contribution in [2.24, 2.45) is 0 Å². The molecule has 0 heterocycles. The summed E-state index contributed by atoms with van der Waals surface area (Å²) in [6.07, 6.45) is 2.04. The fourth-order valence-electron chi connectivity index (χ4n) is 2.32. The predicted molar refractivity (Wildman–Crippen MR) is 91.5 cm³/mol. The normalized spacial score (nSPS) is 10.7. The molecule has 0 saturated heterocycles. The molecule has 2 aromatic rings. The van der Waals surface area contributed by atoms with E-state index in [-0.39, 0.29) is 0 Å². The fraction of sp³-hybridized carbons (Fsp3) is 0.400. The van der Waals surface area contributed by atoms with E-state index < -0.39 is 0 Å². The average molecular weight is 298 g/mol. The van der Waals surface area contributed by atoms with Crippen LogP contribution in [0.4, 0.5) is 0 Å². The van der Waals surface area contributed by atoms with Crippen LogP contribution < -0.4 is 4.74 Å². The van der Waals surface area contributed by atoms with Crippen LogP contribution in [0.5, 0.6) is 5.75 Å². The molecular weight excluding hydrogens is 272 g/mol. The van der Waals surface area contributed by atoms with Gasteiger partial charge in [-0.3, -0.25) is 0 Å². The molecule has 0 aliphatic carbocycles. The van der Waals surface area contributed by atoms with Crippen molar-refractivity contribution in [1.29, 1.82) is 0 Å². The molecule has 0 bridgehead atoms. The van der Waals surface area contributed by atoms with Crippen molar-refractivity contribution < 1.29 is 9.47 Å². The van der Waals surface area contributed by atoms with Gasteiger partial charge in [0.05, 0.1) is 13.2 Å². The monoisotopic (exact) mass is 298 g/mol. The Morgan fingerprint density at radius 1 is 0.773 bits per heavy atom. The lowest BCUT2D eigenvalue weighted by atomic mass is 10.1.